The van der Waals surface area contributed by atoms with E-state index in [2.05, 4.69) is 24.0 Å². The number of piperazine rings is 1. The van der Waals surface area contributed by atoms with Crippen LogP contribution in [0.3, 0.4) is 0 Å². The van der Waals surface area contributed by atoms with Crippen molar-refractivity contribution in [3.63, 3.8) is 0 Å². The number of hydrogen-bond donors (Lipinski definition) is 0. The standard InChI is InChI=1S/C19H24N2O2S/c1-2-6-17-9-11-19(12-10-17)24(22,23)21-15-13-20(14-16-21)18-7-4-3-5-8-18/h3-5,7-12H,2,6,13-16H2,1H3. The summed E-state index contributed by atoms with van der Waals surface area (Å²) in [6.45, 7) is 4.60. The summed E-state index contributed by atoms with van der Waals surface area (Å²) < 4.78 is 27.2. The van der Waals surface area contributed by atoms with E-state index in [9.17, 15) is 8.42 Å². The molecular formula is C19H24N2O2S. The summed E-state index contributed by atoms with van der Waals surface area (Å²) in [5, 5.41) is 0. The number of hydrogen-bond acceptors (Lipinski definition) is 3. The van der Waals surface area contributed by atoms with Gasteiger partial charge in [-0.25, -0.2) is 8.42 Å². The fourth-order valence-corrected chi connectivity index (χ4v) is 4.51. The smallest absolute Gasteiger partial charge is 0.243 e. The normalized spacial score (nSPS) is 16.3. The maximum atomic E-state index is 12.8. The highest BCUT2D eigenvalue weighted by Crippen LogP contribution is 2.21. The van der Waals surface area contributed by atoms with Crippen LogP contribution in [0.5, 0.6) is 0 Å². The highest BCUT2D eigenvalue weighted by Gasteiger charge is 2.28. The zero-order chi connectivity index (χ0) is 17.0. The molecule has 0 saturated carbocycles. The highest BCUT2D eigenvalue weighted by molar-refractivity contribution is 7.89. The first-order valence-corrected chi connectivity index (χ1v) is 9.94. The monoisotopic (exact) mass is 344 g/mol. The van der Waals surface area contributed by atoms with Crippen molar-refractivity contribution in [3.8, 4) is 0 Å². The summed E-state index contributed by atoms with van der Waals surface area (Å²) in [4.78, 5) is 2.63. The van der Waals surface area contributed by atoms with E-state index in [0.29, 0.717) is 18.0 Å². The molecule has 0 atom stereocenters. The van der Waals surface area contributed by atoms with Crippen LogP contribution in [0.1, 0.15) is 18.9 Å². The van der Waals surface area contributed by atoms with Gasteiger partial charge in [0.05, 0.1) is 4.90 Å². The van der Waals surface area contributed by atoms with Gasteiger partial charge in [0.1, 0.15) is 0 Å². The molecule has 1 fully saturated rings. The molecule has 1 aliphatic heterocycles. The van der Waals surface area contributed by atoms with Crippen LogP contribution in [0.4, 0.5) is 5.69 Å². The summed E-state index contributed by atoms with van der Waals surface area (Å²) in [5.41, 5.74) is 2.34. The Morgan fingerprint density at radius 3 is 2.08 bits per heavy atom. The molecule has 0 bridgehead atoms. The Morgan fingerprint density at radius 1 is 0.875 bits per heavy atom. The fourth-order valence-electron chi connectivity index (χ4n) is 3.09. The number of rotatable bonds is 5. The zero-order valence-electron chi connectivity index (χ0n) is 14.1. The van der Waals surface area contributed by atoms with Gasteiger partial charge in [0, 0.05) is 31.9 Å². The molecule has 0 aromatic heterocycles. The lowest BCUT2D eigenvalue weighted by Gasteiger charge is -2.35. The molecule has 1 saturated heterocycles. The predicted octanol–water partition coefficient (Wildman–Crippen LogP) is 3.15. The molecule has 128 valence electrons. The average molecular weight is 344 g/mol. The van der Waals surface area contributed by atoms with Gasteiger partial charge >= 0.3 is 0 Å². The SMILES string of the molecule is CCCc1ccc(S(=O)(=O)N2CCN(c3ccccc3)CC2)cc1. The van der Waals surface area contributed by atoms with Gasteiger partial charge in [-0.2, -0.15) is 4.31 Å². The molecule has 2 aromatic carbocycles. The van der Waals surface area contributed by atoms with Crippen molar-refractivity contribution in [1.29, 1.82) is 0 Å². The van der Waals surface area contributed by atoms with Gasteiger partial charge in [0.2, 0.25) is 10.0 Å². The van der Waals surface area contributed by atoms with E-state index in [1.807, 2.05) is 30.3 Å². The second kappa shape index (κ2) is 7.36. The lowest BCUT2D eigenvalue weighted by molar-refractivity contribution is 0.385. The van der Waals surface area contributed by atoms with Gasteiger partial charge in [0.15, 0.2) is 0 Å². The van der Waals surface area contributed by atoms with E-state index >= 15 is 0 Å². The second-order valence-electron chi connectivity index (χ2n) is 6.12. The van der Waals surface area contributed by atoms with Crippen molar-refractivity contribution in [2.75, 3.05) is 31.1 Å². The molecule has 0 amide bonds. The van der Waals surface area contributed by atoms with Crippen molar-refractivity contribution in [2.24, 2.45) is 0 Å². The van der Waals surface area contributed by atoms with Crippen LogP contribution in [0.15, 0.2) is 59.5 Å². The Hall–Kier alpha value is -1.85. The number of nitrogens with zero attached hydrogens (tertiary/aromatic N) is 2. The van der Waals surface area contributed by atoms with Crippen LogP contribution in [-0.2, 0) is 16.4 Å². The molecule has 0 aliphatic carbocycles. The maximum absolute atomic E-state index is 12.8. The zero-order valence-corrected chi connectivity index (χ0v) is 14.9. The van der Waals surface area contributed by atoms with E-state index in [-0.39, 0.29) is 0 Å². The number of benzene rings is 2. The van der Waals surface area contributed by atoms with Crippen LogP contribution in [-0.4, -0.2) is 38.9 Å². The minimum atomic E-state index is -3.39. The summed E-state index contributed by atoms with van der Waals surface area (Å²) >= 11 is 0. The van der Waals surface area contributed by atoms with E-state index in [1.165, 1.54) is 5.56 Å². The highest BCUT2D eigenvalue weighted by atomic mass is 32.2. The van der Waals surface area contributed by atoms with Crippen LogP contribution < -0.4 is 4.90 Å². The van der Waals surface area contributed by atoms with Crippen molar-refractivity contribution >= 4 is 15.7 Å². The largest absolute Gasteiger partial charge is 0.369 e. The van der Waals surface area contributed by atoms with Crippen molar-refractivity contribution < 1.29 is 8.42 Å². The summed E-state index contributed by atoms with van der Waals surface area (Å²) in [6, 6.07) is 17.5. The summed E-state index contributed by atoms with van der Waals surface area (Å²) in [5.74, 6) is 0. The van der Waals surface area contributed by atoms with Gasteiger partial charge < -0.3 is 4.90 Å². The third kappa shape index (κ3) is 3.62. The number of para-hydroxylation sites is 1. The van der Waals surface area contributed by atoms with Gasteiger partial charge in [-0.15, -0.1) is 0 Å². The summed E-state index contributed by atoms with van der Waals surface area (Å²) in [6.07, 6.45) is 2.05. The van der Waals surface area contributed by atoms with Crippen LogP contribution in [0, 0.1) is 0 Å². The fraction of sp³-hybridized carbons (Fsp3) is 0.368. The van der Waals surface area contributed by atoms with E-state index in [1.54, 1.807) is 16.4 Å². The van der Waals surface area contributed by atoms with Gasteiger partial charge in [-0.3, -0.25) is 0 Å². The first kappa shape index (κ1) is 17.0. The summed E-state index contributed by atoms with van der Waals surface area (Å²) in [7, 11) is -3.39. The molecular weight excluding hydrogens is 320 g/mol. The second-order valence-corrected chi connectivity index (χ2v) is 8.06. The predicted molar refractivity (Wildman–Crippen MR) is 97.9 cm³/mol. The van der Waals surface area contributed by atoms with E-state index in [0.717, 1.165) is 31.6 Å². The molecule has 0 N–H and O–H groups in total. The number of anilines is 1. The Bertz CT molecular complexity index is 750. The van der Waals surface area contributed by atoms with E-state index < -0.39 is 10.0 Å². The van der Waals surface area contributed by atoms with Crippen molar-refractivity contribution in [1.82, 2.24) is 4.31 Å². The number of aryl methyl sites for hydroxylation is 1. The Morgan fingerprint density at radius 2 is 1.50 bits per heavy atom. The first-order chi connectivity index (χ1) is 11.6. The van der Waals surface area contributed by atoms with Crippen LogP contribution in [0.25, 0.3) is 0 Å². The van der Waals surface area contributed by atoms with Crippen molar-refractivity contribution in [2.45, 2.75) is 24.7 Å². The third-order valence-corrected chi connectivity index (χ3v) is 6.37. The molecule has 1 heterocycles. The Labute approximate surface area is 144 Å². The van der Waals surface area contributed by atoms with Gasteiger partial charge in [-0.05, 0) is 36.2 Å². The minimum Gasteiger partial charge on any atom is -0.369 e. The van der Waals surface area contributed by atoms with E-state index in [4.69, 9.17) is 0 Å². The van der Waals surface area contributed by atoms with Crippen LogP contribution in [0.2, 0.25) is 0 Å². The average Bonchev–Trinajstić information content (AvgIpc) is 2.63. The molecule has 4 nitrogen and oxygen atoms in total. The molecule has 0 unspecified atom stereocenters. The lowest BCUT2D eigenvalue weighted by atomic mass is 10.1. The molecule has 24 heavy (non-hydrogen) atoms. The number of sulfonamides is 1. The van der Waals surface area contributed by atoms with Gasteiger partial charge in [0.25, 0.3) is 0 Å². The first-order valence-electron chi connectivity index (χ1n) is 8.50. The molecule has 5 heteroatoms. The molecule has 3 rings (SSSR count). The lowest BCUT2D eigenvalue weighted by Crippen LogP contribution is -2.48. The minimum absolute atomic E-state index is 0.399. The quantitative estimate of drug-likeness (QED) is 0.837. The molecule has 0 spiro atoms. The Balaban J connectivity index is 1.68. The third-order valence-electron chi connectivity index (χ3n) is 4.46. The maximum Gasteiger partial charge on any atom is 0.243 e. The van der Waals surface area contributed by atoms with Crippen LogP contribution >= 0.6 is 0 Å². The van der Waals surface area contributed by atoms with Crippen molar-refractivity contribution in [3.05, 3.63) is 60.2 Å². The molecule has 0 radical (unpaired) electrons. The van der Waals surface area contributed by atoms with Gasteiger partial charge in [-0.1, -0.05) is 43.7 Å². The molecule has 2 aromatic rings. The Kier molecular flexibility index (Phi) is 5.21. The molecule has 1 aliphatic rings. The topological polar surface area (TPSA) is 40.6 Å².